The summed E-state index contributed by atoms with van der Waals surface area (Å²) in [6.07, 6.45) is 1.83. The lowest BCUT2D eigenvalue weighted by molar-refractivity contribution is 0.471. The smallest absolute Gasteiger partial charge is 0.172 e. The van der Waals surface area contributed by atoms with Crippen molar-refractivity contribution in [2.45, 2.75) is 33.7 Å². The molecule has 0 aliphatic rings. The van der Waals surface area contributed by atoms with Gasteiger partial charge in [0.25, 0.3) is 0 Å². The van der Waals surface area contributed by atoms with Crippen molar-refractivity contribution in [2.24, 2.45) is 5.92 Å². The molecule has 2 N–H and O–H groups in total. The summed E-state index contributed by atoms with van der Waals surface area (Å²) in [5.41, 5.74) is 3.67. The number of nitrogens with zero attached hydrogens (tertiary/aromatic N) is 1. The first-order chi connectivity index (χ1) is 10.5. The van der Waals surface area contributed by atoms with E-state index in [-0.39, 0.29) is 6.04 Å². The molecule has 1 atom stereocenters. The van der Waals surface area contributed by atoms with Gasteiger partial charge in [-0.25, -0.2) is 4.98 Å². The highest BCUT2D eigenvalue weighted by Crippen LogP contribution is 2.24. The third-order valence-electron chi connectivity index (χ3n) is 3.63. The van der Waals surface area contributed by atoms with Crippen LogP contribution in [0.5, 0.6) is 0 Å². The standard InChI is InChI=1S/C18H23N3S/c1-12(2)17(15-8-6-5-7-14(15)4)21-18(22)20-16-10-9-13(3)11-19-16/h5-12,17H,1-4H3,(H2,19,20,21,22)/t17-/m0/s1. The Balaban J connectivity index is 2.10. The number of nitrogens with one attached hydrogen (secondary N) is 2. The first kappa shape index (κ1) is 16.4. The minimum Gasteiger partial charge on any atom is -0.355 e. The average Bonchev–Trinajstić information content (AvgIpc) is 2.48. The van der Waals surface area contributed by atoms with Crippen LogP contribution in [0, 0.1) is 19.8 Å². The molecule has 1 aromatic carbocycles. The minimum atomic E-state index is 0.173. The zero-order valence-electron chi connectivity index (χ0n) is 13.6. The summed E-state index contributed by atoms with van der Waals surface area (Å²) in [5.74, 6) is 1.18. The third kappa shape index (κ3) is 4.28. The number of aromatic nitrogens is 1. The maximum Gasteiger partial charge on any atom is 0.172 e. The Morgan fingerprint density at radius 1 is 1.09 bits per heavy atom. The Morgan fingerprint density at radius 2 is 1.82 bits per heavy atom. The van der Waals surface area contributed by atoms with Crippen LogP contribution in [0.4, 0.5) is 5.82 Å². The summed E-state index contributed by atoms with van der Waals surface area (Å²) in [7, 11) is 0. The monoisotopic (exact) mass is 313 g/mol. The molecule has 0 aliphatic carbocycles. The third-order valence-corrected chi connectivity index (χ3v) is 3.85. The van der Waals surface area contributed by atoms with Crippen molar-refractivity contribution in [3.8, 4) is 0 Å². The Labute approximate surface area is 138 Å². The molecule has 116 valence electrons. The van der Waals surface area contributed by atoms with Crippen LogP contribution in [0.3, 0.4) is 0 Å². The van der Waals surface area contributed by atoms with E-state index in [0.29, 0.717) is 11.0 Å². The second-order valence-corrected chi connectivity index (χ2v) is 6.31. The number of anilines is 1. The largest absolute Gasteiger partial charge is 0.355 e. The van der Waals surface area contributed by atoms with Gasteiger partial charge >= 0.3 is 0 Å². The highest BCUT2D eigenvalue weighted by Gasteiger charge is 2.18. The molecular weight excluding hydrogens is 290 g/mol. The van der Waals surface area contributed by atoms with Gasteiger partial charge in [0.15, 0.2) is 5.11 Å². The van der Waals surface area contributed by atoms with Gasteiger partial charge in [0.05, 0.1) is 6.04 Å². The van der Waals surface area contributed by atoms with Crippen LogP contribution in [-0.4, -0.2) is 10.1 Å². The van der Waals surface area contributed by atoms with E-state index in [2.05, 4.69) is 60.7 Å². The van der Waals surface area contributed by atoms with Gasteiger partial charge < -0.3 is 10.6 Å². The minimum absolute atomic E-state index is 0.173. The predicted molar refractivity (Wildman–Crippen MR) is 97.1 cm³/mol. The summed E-state index contributed by atoms with van der Waals surface area (Å²) < 4.78 is 0. The van der Waals surface area contributed by atoms with Crippen LogP contribution in [0.15, 0.2) is 42.6 Å². The van der Waals surface area contributed by atoms with Crippen LogP contribution >= 0.6 is 12.2 Å². The first-order valence-corrected chi connectivity index (χ1v) is 7.94. The molecule has 0 saturated carbocycles. The normalized spacial score (nSPS) is 12.0. The molecule has 0 fully saturated rings. The van der Waals surface area contributed by atoms with Crippen molar-refractivity contribution < 1.29 is 0 Å². The van der Waals surface area contributed by atoms with E-state index in [9.17, 15) is 0 Å². The highest BCUT2D eigenvalue weighted by molar-refractivity contribution is 7.80. The summed E-state index contributed by atoms with van der Waals surface area (Å²) >= 11 is 5.45. The SMILES string of the molecule is Cc1ccc(NC(=S)N[C@H](c2ccccc2C)C(C)C)nc1. The molecule has 2 rings (SSSR count). The van der Waals surface area contributed by atoms with Gasteiger partial charge in [-0.1, -0.05) is 44.2 Å². The summed E-state index contributed by atoms with van der Waals surface area (Å²) in [5, 5.41) is 7.17. The lowest BCUT2D eigenvalue weighted by atomic mass is 9.93. The summed E-state index contributed by atoms with van der Waals surface area (Å²) in [6, 6.07) is 12.5. The molecular formula is C18H23N3S. The number of pyridine rings is 1. The molecule has 0 saturated heterocycles. The van der Waals surface area contributed by atoms with E-state index < -0.39 is 0 Å². The van der Waals surface area contributed by atoms with Crippen molar-refractivity contribution in [3.63, 3.8) is 0 Å². The number of thiocarbonyl (C=S) groups is 1. The van der Waals surface area contributed by atoms with Crippen molar-refractivity contribution in [1.29, 1.82) is 0 Å². The van der Waals surface area contributed by atoms with Gasteiger partial charge in [-0.05, 0) is 54.7 Å². The Kier molecular flexibility index (Phi) is 5.50. The van der Waals surface area contributed by atoms with E-state index in [1.807, 2.05) is 25.3 Å². The fraction of sp³-hybridized carbons (Fsp3) is 0.333. The van der Waals surface area contributed by atoms with Crippen LogP contribution < -0.4 is 10.6 Å². The quantitative estimate of drug-likeness (QED) is 0.821. The zero-order valence-corrected chi connectivity index (χ0v) is 14.4. The predicted octanol–water partition coefficient (Wildman–Crippen LogP) is 4.38. The van der Waals surface area contributed by atoms with Crippen LogP contribution in [0.1, 0.15) is 36.6 Å². The topological polar surface area (TPSA) is 37.0 Å². The number of rotatable bonds is 4. The van der Waals surface area contributed by atoms with Gasteiger partial charge in [0.1, 0.15) is 5.82 Å². The van der Waals surface area contributed by atoms with E-state index in [4.69, 9.17) is 12.2 Å². The maximum atomic E-state index is 5.45. The van der Waals surface area contributed by atoms with Gasteiger partial charge in [-0.3, -0.25) is 0 Å². The van der Waals surface area contributed by atoms with Crippen LogP contribution in [0.25, 0.3) is 0 Å². The first-order valence-electron chi connectivity index (χ1n) is 7.53. The maximum absolute atomic E-state index is 5.45. The molecule has 0 spiro atoms. The number of benzene rings is 1. The number of aryl methyl sites for hydroxylation is 2. The van der Waals surface area contributed by atoms with E-state index >= 15 is 0 Å². The van der Waals surface area contributed by atoms with Crippen LogP contribution in [0.2, 0.25) is 0 Å². The highest BCUT2D eigenvalue weighted by atomic mass is 32.1. The van der Waals surface area contributed by atoms with Gasteiger partial charge in [-0.2, -0.15) is 0 Å². The van der Waals surface area contributed by atoms with Gasteiger partial charge in [0.2, 0.25) is 0 Å². The van der Waals surface area contributed by atoms with E-state index in [1.165, 1.54) is 11.1 Å². The molecule has 0 radical (unpaired) electrons. The van der Waals surface area contributed by atoms with Gasteiger partial charge in [0, 0.05) is 6.20 Å². The van der Waals surface area contributed by atoms with E-state index in [0.717, 1.165) is 11.4 Å². The summed E-state index contributed by atoms with van der Waals surface area (Å²) in [6.45, 7) is 8.53. The molecule has 0 aliphatic heterocycles. The van der Waals surface area contributed by atoms with E-state index in [1.54, 1.807) is 0 Å². The Hall–Kier alpha value is -1.94. The van der Waals surface area contributed by atoms with Gasteiger partial charge in [-0.15, -0.1) is 0 Å². The number of hydrogen-bond donors (Lipinski definition) is 2. The molecule has 1 heterocycles. The second-order valence-electron chi connectivity index (χ2n) is 5.90. The fourth-order valence-corrected chi connectivity index (χ4v) is 2.61. The molecule has 2 aromatic rings. The molecule has 22 heavy (non-hydrogen) atoms. The molecule has 4 heteroatoms. The average molecular weight is 313 g/mol. The van der Waals surface area contributed by atoms with Crippen molar-refractivity contribution in [2.75, 3.05) is 5.32 Å². The molecule has 0 bridgehead atoms. The second kappa shape index (κ2) is 7.36. The molecule has 0 unspecified atom stereocenters. The Bertz CT molecular complexity index is 635. The zero-order chi connectivity index (χ0) is 16.1. The van der Waals surface area contributed by atoms with Crippen molar-refractivity contribution in [3.05, 3.63) is 59.3 Å². The number of hydrogen-bond acceptors (Lipinski definition) is 2. The van der Waals surface area contributed by atoms with Crippen LogP contribution in [-0.2, 0) is 0 Å². The lowest BCUT2D eigenvalue weighted by Crippen LogP contribution is -2.35. The molecule has 3 nitrogen and oxygen atoms in total. The van der Waals surface area contributed by atoms with Crippen molar-refractivity contribution in [1.82, 2.24) is 10.3 Å². The molecule has 0 amide bonds. The fourth-order valence-electron chi connectivity index (χ4n) is 2.37. The summed E-state index contributed by atoms with van der Waals surface area (Å²) in [4.78, 5) is 4.32. The van der Waals surface area contributed by atoms with Crippen molar-refractivity contribution >= 4 is 23.1 Å². The lowest BCUT2D eigenvalue weighted by Gasteiger charge is -2.26. The Morgan fingerprint density at radius 3 is 2.41 bits per heavy atom. The molecule has 1 aromatic heterocycles.